The second-order valence-corrected chi connectivity index (χ2v) is 6.30. The number of ether oxygens (including phenoxy) is 1. The van der Waals surface area contributed by atoms with Gasteiger partial charge in [-0.1, -0.05) is 0 Å². The number of amides is 1. The lowest BCUT2D eigenvalue weighted by molar-refractivity contribution is 0.102. The van der Waals surface area contributed by atoms with Gasteiger partial charge < -0.3 is 10.1 Å². The number of methoxy groups -OCH3 is 1. The van der Waals surface area contributed by atoms with Gasteiger partial charge in [0.25, 0.3) is 11.5 Å². The van der Waals surface area contributed by atoms with Gasteiger partial charge in [0, 0.05) is 24.1 Å². The molecule has 0 bridgehead atoms. The van der Waals surface area contributed by atoms with Crippen molar-refractivity contribution in [2.75, 3.05) is 19.0 Å². The highest BCUT2D eigenvalue weighted by molar-refractivity contribution is 6.04. The van der Waals surface area contributed by atoms with E-state index in [1.54, 1.807) is 25.3 Å². The maximum atomic E-state index is 12.6. The number of carbonyl (C=O) groups is 1. The van der Waals surface area contributed by atoms with Crippen LogP contribution >= 0.6 is 0 Å². The van der Waals surface area contributed by atoms with Gasteiger partial charge in [0.15, 0.2) is 5.69 Å². The quantitative estimate of drug-likeness (QED) is 0.724. The van der Waals surface area contributed by atoms with Crippen LogP contribution in [-0.4, -0.2) is 39.4 Å². The molecule has 8 heteroatoms. The first kappa shape index (κ1) is 16.5. The minimum atomic E-state index is -0.271. The minimum absolute atomic E-state index is 0.163. The zero-order chi connectivity index (χ0) is 18.1. The highest BCUT2D eigenvalue weighted by Gasteiger charge is 2.23. The largest absolute Gasteiger partial charge is 0.383 e. The van der Waals surface area contributed by atoms with Crippen molar-refractivity contribution in [3.8, 4) is 0 Å². The normalized spacial score (nSPS) is 13.1. The van der Waals surface area contributed by atoms with E-state index in [4.69, 9.17) is 4.74 Å². The molecule has 0 atom stereocenters. The lowest BCUT2D eigenvalue weighted by Gasteiger charge is -2.08. The van der Waals surface area contributed by atoms with Crippen LogP contribution in [-0.2, 0) is 24.1 Å². The molecule has 2 aromatic heterocycles. The minimum Gasteiger partial charge on any atom is -0.383 e. The Labute approximate surface area is 149 Å². The van der Waals surface area contributed by atoms with Crippen LogP contribution in [0.3, 0.4) is 0 Å². The highest BCUT2D eigenvalue weighted by Crippen LogP contribution is 2.23. The Balaban J connectivity index is 1.63. The molecule has 0 spiro atoms. The summed E-state index contributed by atoms with van der Waals surface area (Å²) >= 11 is 0. The maximum absolute atomic E-state index is 12.6. The molecule has 1 amide bonds. The number of carbonyl (C=O) groups excluding carboxylic acids is 1. The molecule has 26 heavy (non-hydrogen) atoms. The Kier molecular flexibility index (Phi) is 4.26. The molecule has 0 radical (unpaired) electrons. The second-order valence-electron chi connectivity index (χ2n) is 6.30. The van der Waals surface area contributed by atoms with Crippen molar-refractivity contribution >= 4 is 22.5 Å². The van der Waals surface area contributed by atoms with E-state index >= 15 is 0 Å². The number of aryl methyl sites for hydroxylation is 1. The average molecular weight is 353 g/mol. The zero-order valence-electron chi connectivity index (χ0n) is 14.4. The molecule has 1 aliphatic carbocycles. The predicted octanol–water partition coefficient (Wildman–Crippen LogP) is 1.51. The monoisotopic (exact) mass is 353 g/mol. The van der Waals surface area contributed by atoms with Crippen molar-refractivity contribution in [2.24, 2.45) is 0 Å². The molecule has 0 saturated carbocycles. The first-order valence-electron chi connectivity index (χ1n) is 8.53. The molecule has 0 saturated heterocycles. The summed E-state index contributed by atoms with van der Waals surface area (Å²) in [6.07, 6.45) is 4.33. The van der Waals surface area contributed by atoms with Crippen LogP contribution in [0.4, 0.5) is 5.69 Å². The molecular formula is C18H19N5O3. The molecule has 0 unspecified atom stereocenters. The van der Waals surface area contributed by atoms with E-state index in [1.807, 2.05) is 0 Å². The van der Waals surface area contributed by atoms with E-state index in [2.05, 4.69) is 20.5 Å². The summed E-state index contributed by atoms with van der Waals surface area (Å²) in [5.74, 6) is -0.271. The SMILES string of the molecule is COCCn1cnc2ccc(NC(=O)c3n[nH]c4c3CCC4)cc2c1=O. The zero-order valence-corrected chi connectivity index (χ0v) is 14.4. The summed E-state index contributed by atoms with van der Waals surface area (Å²) in [4.78, 5) is 29.4. The molecule has 134 valence electrons. The summed E-state index contributed by atoms with van der Waals surface area (Å²) in [6.45, 7) is 0.849. The molecule has 8 nitrogen and oxygen atoms in total. The van der Waals surface area contributed by atoms with Crippen LogP contribution in [0, 0.1) is 0 Å². The van der Waals surface area contributed by atoms with Gasteiger partial charge in [-0.05, 0) is 37.5 Å². The van der Waals surface area contributed by atoms with Gasteiger partial charge in [-0.2, -0.15) is 5.10 Å². The third-order valence-electron chi connectivity index (χ3n) is 4.64. The number of hydrogen-bond acceptors (Lipinski definition) is 5. The van der Waals surface area contributed by atoms with Gasteiger partial charge >= 0.3 is 0 Å². The van der Waals surface area contributed by atoms with Crippen molar-refractivity contribution in [3.63, 3.8) is 0 Å². The fraction of sp³-hybridized carbons (Fsp3) is 0.333. The molecule has 0 fully saturated rings. The topological polar surface area (TPSA) is 102 Å². The molecule has 3 aromatic rings. The summed E-state index contributed by atoms with van der Waals surface area (Å²) < 4.78 is 6.51. The van der Waals surface area contributed by atoms with E-state index in [9.17, 15) is 9.59 Å². The smallest absolute Gasteiger partial charge is 0.276 e. The van der Waals surface area contributed by atoms with Gasteiger partial charge in [-0.15, -0.1) is 0 Å². The van der Waals surface area contributed by atoms with E-state index in [0.29, 0.717) is 35.4 Å². The molecule has 0 aliphatic heterocycles. The Hall–Kier alpha value is -3.00. The number of benzene rings is 1. The van der Waals surface area contributed by atoms with Crippen LogP contribution < -0.4 is 10.9 Å². The van der Waals surface area contributed by atoms with Crippen molar-refractivity contribution in [3.05, 3.63) is 51.8 Å². The van der Waals surface area contributed by atoms with Crippen LogP contribution in [0.25, 0.3) is 10.9 Å². The summed E-state index contributed by atoms with van der Waals surface area (Å²) in [7, 11) is 1.58. The lowest BCUT2D eigenvalue weighted by Crippen LogP contribution is -2.23. The van der Waals surface area contributed by atoms with E-state index < -0.39 is 0 Å². The molecular weight excluding hydrogens is 334 g/mol. The fourth-order valence-electron chi connectivity index (χ4n) is 3.28. The predicted molar refractivity (Wildman–Crippen MR) is 96.4 cm³/mol. The fourth-order valence-corrected chi connectivity index (χ4v) is 3.28. The van der Waals surface area contributed by atoms with Crippen LogP contribution in [0.5, 0.6) is 0 Å². The number of hydrogen-bond donors (Lipinski definition) is 2. The van der Waals surface area contributed by atoms with E-state index in [-0.39, 0.29) is 11.5 Å². The number of fused-ring (bicyclic) bond motifs is 2. The van der Waals surface area contributed by atoms with Gasteiger partial charge in [-0.25, -0.2) is 4.98 Å². The molecule has 4 rings (SSSR count). The number of H-pyrrole nitrogens is 1. The Morgan fingerprint density at radius 2 is 2.27 bits per heavy atom. The van der Waals surface area contributed by atoms with Crippen LogP contribution in [0.1, 0.15) is 28.2 Å². The number of aromatic amines is 1. The Morgan fingerprint density at radius 1 is 1.38 bits per heavy atom. The summed E-state index contributed by atoms with van der Waals surface area (Å²) in [6, 6.07) is 5.11. The van der Waals surface area contributed by atoms with Crippen molar-refractivity contribution < 1.29 is 9.53 Å². The van der Waals surface area contributed by atoms with Gasteiger partial charge in [0.05, 0.1) is 30.4 Å². The van der Waals surface area contributed by atoms with E-state index in [1.165, 1.54) is 10.9 Å². The van der Waals surface area contributed by atoms with Crippen molar-refractivity contribution in [1.29, 1.82) is 0 Å². The lowest BCUT2D eigenvalue weighted by atomic mass is 10.2. The van der Waals surface area contributed by atoms with E-state index in [0.717, 1.165) is 30.5 Å². The first-order valence-corrected chi connectivity index (χ1v) is 8.53. The van der Waals surface area contributed by atoms with Crippen LogP contribution in [0.2, 0.25) is 0 Å². The second kappa shape index (κ2) is 6.72. The molecule has 1 aromatic carbocycles. The number of nitrogens with zero attached hydrogens (tertiary/aromatic N) is 3. The average Bonchev–Trinajstić information content (AvgIpc) is 3.25. The number of nitrogens with one attached hydrogen (secondary N) is 2. The molecule has 2 heterocycles. The van der Waals surface area contributed by atoms with Crippen LogP contribution in [0.15, 0.2) is 29.3 Å². The first-order chi connectivity index (χ1) is 12.7. The third-order valence-corrected chi connectivity index (χ3v) is 4.64. The summed E-state index contributed by atoms with van der Waals surface area (Å²) in [5.41, 5.74) is 3.43. The molecule has 2 N–H and O–H groups in total. The Bertz CT molecular complexity index is 1040. The number of anilines is 1. The standard InChI is InChI=1S/C18H19N5O3/c1-26-8-7-23-10-19-14-6-5-11(9-13(14)18(23)25)20-17(24)16-12-3-2-4-15(12)21-22-16/h5-6,9-10H,2-4,7-8H2,1H3,(H,20,24)(H,21,22). The number of rotatable bonds is 5. The summed E-state index contributed by atoms with van der Waals surface area (Å²) in [5, 5.41) is 10.4. The Morgan fingerprint density at radius 3 is 3.12 bits per heavy atom. The molecule has 1 aliphatic rings. The third kappa shape index (κ3) is 2.88. The van der Waals surface area contributed by atoms with Crippen molar-refractivity contribution in [1.82, 2.24) is 19.7 Å². The number of aromatic nitrogens is 4. The van der Waals surface area contributed by atoms with Gasteiger partial charge in [0.1, 0.15) is 0 Å². The van der Waals surface area contributed by atoms with Gasteiger partial charge in [-0.3, -0.25) is 19.3 Å². The van der Waals surface area contributed by atoms with Gasteiger partial charge in [0.2, 0.25) is 0 Å². The van der Waals surface area contributed by atoms with Crippen molar-refractivity contribution in [2.45, 2.75) is 25.8 Å². The highest BCUT2D eigenvalue weighted by atomic mass is 16.5. The maximum Gasteiger partial charge on any atom is 0.276 e.